The molecule has 1 aliphatic heterocycles. The van der Waals surface area contributed by atoms with Crippen LogP contribution >= 0.6 is 0 Å². The predicted molar refractivity (Wildman–Crippen MR) is 156 cm³/mol. The van der Waals surface area contributed by atoms with Crippen LogP contribution in [0.1, 0.15) is 21.8 Å². The van der Waals surface area contributed by atoms with Crippen molar-refractivity contribution in [2.75, 3.05) is 60.2 Å². The lowest BCUT2D eigenvalue weighted by atomic mass is 10.1. The molecule has 1 aliphatic rings. The number of pyridine rings is 1. The van der Waals surface area contributed by atoms with E-state index in [1.165, 1.54) is 42.4 Å². The van der Waals surface area contributed by atoms with Crippen molar-refractivity contribution in [2.45, 2.75) is 12.6 Å². The minimum atomic E-state index is -4.91. The zero-order chi connectivity index (χ0) is 31.3. The number of carbonyl (C=O) groups excluding carboxylic acids is 2. The first-order valence-corrected chi connectivity index (χ1v) is 13.7. The Bertz CT molecular complexity index is 1590. The summed E-state index contributed by atoms with van der Waals surface area (Å²) < 4.78 is 60.4. The Morgan fingerprint density at radius 1 is 0.955 bits per heavy atom. The largest absolute Gasteiger partial charge is 0.437 e. The van der Waals surface area contributed by atoms with Crippen LogP contribution < -0.4 is 20.4 Å². The fourth-order valence-electron chi connectivity index (χ4n) is 4.59. The van der Waals surface area contributed by atoms with Crippen LogP contribution in [0.3, 0.4) is 0 Å². The molecule has 5 rings (SSSR count). The summed E-state index contributed by atoms with van der Waals surface area (Å²) in [7, 11) is 1.54. The van der Waals surface area contributed by atoms with Gasteiger partial charge in [0.05, 0.1) is 17.6 Å². The van der Waals surface area contributed by atoms with Crippen molar-refractivity contribution in [1.82, 2.24) is 14.9 Å². The number of amides is 3. The average Bonchev–Trinajstić information content (AvgIpc) is 3.49. The molecule has 3 heterocycles. The molecule has 0 unspecified atom stereocenters. The van der Waals surface area contributed by atoms with Crippen LogP contribution in [-0.4, -0.2) is 66.6 Å². The number of nitrogens with one attached hydrogen (secondary N) is 2. The molecule has 2 aromatic carbocycles. The third-order valence-electron chi connectivity index (χ3n) is 7.01. The van der Waals surface area contributed by atoms with E-state index in [2.05, 4.69) is 20.6 Å². The van der Waals surface area contributed by atoms with E-state index in [4.69, 9.17) is 4.42 Å². The zero-order valence-electron chi connectivity index (χ0n) is 23.6. The maximum Gasteiger partial charge on any atom is 0.437 e. The van der Waals surface area contributed by atoms with Crippen LogP contribution in [0.2, 0.25) is 0 Å². The number of hydrogen-bond donors (Lipinski definition) is 2. The molecule has 0 aliphatic carbocycles. The van der Waals surface area contributed by atoms with Crippen LogP contribution in [0.15, 0.2) is 77.3 Å². The van der Waals surface area contributed by atoms with Gasteiger partial charge in [0, 0.05) is 39.8 Å². The van der Waals surface area contributed by atoms with E-state index in [1.807, 2.05) is 35.2 Å². The summed E-state index contributed by atoms with van der Waals surface area (Å²) in [6.07, 6.45) is -3.05. The van der Waals surface area contributed by atoms with Crippen molar-refractivity contribution in [3.63, 3.8) is 0 Å². The van der Waals surface area contributed by atoms with E-state index in [1.54, 1.807) is 17.0 Å². The molecule has 4 aromatic rings. The summed E-state index contributed by atoms with van der Waals surface area (Å²) in [5.41, 5.74) is -0.176. The number of aromatic nitrogens is 2. The Balaban J connectivity index is 1.18. The van der Waals surface area contributed by atoms with Gasteiger partial charge in [-0.2, -0.15) is 18.2 Å². The number of carbonyl (C=O) groups is 2. The van der Waals surface area contributed by atoms with E-state index < -0.39 is 35.4 Å². The lowest BCUT2D eigenvalue weighted by Gasteiger charge is -2.35. The van der Waals surface area contributed by atoms with Gasteiger partial charge in [-0.05, 0) is 36.2 Å². The maximum atomic E-state index is 13.9. The molecule has 0 bridgehead atoms. The number of alkyl halides is 3. The van der Waals surface area contributed by atoms with Gasteiger partial charge in [0.2, 0.25) is 5.76 Å². The molecule has 1 saturated heterocycles. The first-order chi connectivity index (χ1) is 21.1. The first kappa shape index (κ1) is 30.3. The Kier molecular flexibility index (Phi) is 8.97. The second kappa shape index (κ2) is 13.0. The standard InChI is InChI=1S/C30H29F4N7O3/c1-39(14-13-20-7-3-2-4-8-20)29-38-26(30(32,33)34)25(44-29)27(42)36-21-11-12-24(35-19-21)40-15-17-41(18-16-40)28(43)37-23-10-6-5-9-22(23)31/h2-12,19H,13-18H2,1H3,(H,36,42)(H,37,43). The number of nitrogens with zero attached hydrogens (tertiary/aromatic N) is 5. The van der Waals surface area contributed by atoms with E-state index in [-0.39, 0.29) is 17.4 Å². The fourth-order valence-corrected chi connectivity index (χ4v) is 4.59. The number of piperazine rings is 1. The summed E-state index contributed by atoms with van der Waals surface area (Å²) in [5, 5.41) is 4.96. The summed E-state index contributed by atoms with van der Waals surface area (Å²) in [6.45, 7) is 1.91. The maximum absolute atomic E-state index is 13.9. The highest BCUT2D eigenvalue weighted by molar-refractivity contribution is 6.03. The molecular formula is C30H29F4N7O3. The second-order valence-corrected chi connectivity index (χ2v) is 10.1. The topological polar surface area (TPSA) is 107 Å². The van der Waals surface area contributed by atoms with Crippen LogP contribution in [0.4, 0.5) is 45.6 Å². The van der Waals surface area contributed by atoms with Gasteiger partial charge in [-0.3, -0.25) is 4.79 Å². The molecule has 3 amide bonds. The van der Waals surface area contributed by atoms with E-state index in [9.17, 15) is 27.2 Å². The molecule has 44 heavy (non-hydrogen) atoms. The molecule has 10 nitrogen and oxygen atoms in total. The zero-order valence-corrected chi connectivity index (χ0v) is 23.6. The van der Waals surface area contributed by atoms with Gasteiger partial charge in [0.15, 0.2) is 5.69 Å². The fraction of sp³-hybridized carbons (Fsp3) is 0.267. The van der Waals surface area contributed by atoms with Crippen molar-refractivity contribution in [2.24, 2.45) is 0 Å². The van der Waals surface area contributed by atoms with E-state index in [0.29, 0.717) is 45.0 Å². The molecular weight excluding hydrogens is 582 g/mol. The van der Waals surface area contributed by atoms with Crippen molar-refractivity contribution < 1.29 is 31.6 Å². The Morgan fingerprint density at radius 3 is 2.32 bits per heavy atom. The van der Waals surface area contributed by atoms with Crippen LogP contribution in [-0.2, 0) is 12.6 Å². The molecule has 14 heteroatoms. The number of halogens is 4. The number of likely N-dealkylation sites (N-methyl/N-ethyl adjacent to an activating group) is 1. The summed E-state index contributed by atoms with van der Waals surface area (Å²) in [6, 6.07) is 17.7. The lowest BCUT2D eigenvalue weighted by Crippen LogP contribution is -2.50. The first-order valence-electron chi connectivity index (χ1n) is 13.7. The summed E-state index contributed by atoms with van der Waals surface area (Å²) in [4.78, 5) is 38.2. The Hall–Kier alpha value is -5.14. The minimum Gasteiger partial charge on any atom is -0.417 e. The quantitative estimate of drug-likeness (QED) is 0.253. The van der Waals surface area contributed by atoms with Crippen LogP contribution in [0, 0.1) is 5.82 Å². The highest BCUT2D eigenvalue weighted by Crippen LogP contribution is 2.34. The van der Waals surface area contributed by atoms with Crippen molar-refractivity contribution >= 4 is 35.1 Å². The lowest BCUT2D eigenvalue weighted by molar-refractivity contribution is -0.141. The van der Waals surface area contributed by atoms with Crippen LogP contribution in [0.5, 0.6) is 0 Å². The van der Waals surface area contributed by atoms with E-state index >= 15 is 0 Å². The molecule has 0 saturated carbocycles. The van der Waals surface area contributed by atoms with Gasteiger partial charge in [-0.15, -0.1) is 0 Å². The van der Waals surface area contributed by atoms with Gasteiger partial charge >= 0.3 is 12.2 Å². The Morgan fingerprint density at radius 2 is 1.66 bits per heavy atom. The van der Waals surface area contributed by atoms with Gasteiger partial charge < -0.3 is 29.8 Å². The Labute approximate surface area is 250 Å². The number of benzene rings is 2. The molecule has 0 radical (unpaired) electrons. The van der Waals surface area contributed by atoms with Gasteiger partial charge in [-0.25, -0.2) is 14.2 Å². The van der Waals surface area contributed by atoms with E-state index in [0.717, 1.165) is 5.56 Å². The number of para-hydroxylation sites is 1. The number of hydrogen-bond acceptors (Lipinski definition) is 7. The normalized spacial score (nSPS) is 13.5. The number of urea groups is 1. The SMILES string of the molecule is CN(CCc1ccccc1)c1nc(C(F)(F)F)c(C(=O)Nc2ccc(N3CCN(C(=O)Nc4ccccc4F)CC3)nc2)o1. The monoisotopic (exact) mass is 611 g/mol. The van der Waals surface area contributed by atoms with Gasteiger partial charge in [0.25, 0.3) is 11.9 Å². The summed E-state index contributed by atoms with van der Waals surface area (Å²) in [5.74, 6) is -2.04. The van der Waals surface area contributed by atoms with Crippen molar-refractivity contribution in [3.05, 3.63) is 95.8 Å². The smallest absolute Gasteiger partial charge is 0.417 e. The third kappa shape index (κ3) is 7.25. The molecule has 2 N–H and O–H groups in total. The number of oxazole rings is 1. The molecule has 0 spiro atoms. The van der Waals surface area contributed by atoms with Gasteiger partial charge in [0.1, 0.15) is 11.6 Å². The molecule has 1 fully saturated rings. The van der Waals surface area contributed by atoms with Crippen LogP contribution in [0.25, 0.3) is 0 Å². The summed E-state index contributed by atoms with van der Waals surface area (Å²) >= 11 is 0. The van der Waals surface area contributed by atoms with Gasteiger partial charge in [-0.1, -0.05) is 42.5 Å². The van der Waals surface area contributed by atoms with Crippen molar-refractivity contribution in [1.29, 1.82) is 0 Å². The highest BCUT2D eigenvalue weighted by atomic mass is 19.4. The highest BCUT2D eigenvalue weighted by Gasteiger charge is 2.41. The van der Waals surface area contributed by atoms with Crippen molar-refractivity contribution in [3.8, 4) is 0 Å². The third-order valence-corrected chi connectivity index (χ3v) is 7.01. The second-order valence-electron chi connectivity index (χ2n) is 10.1. The molecule has 2 aromatic heterocycles. The minimum absolute atomic E-state index is 0.0956. The molecule has 0 atom stereocenters. The average molecular weight is 612 g/mol. The predicted octanol–water partition coefficient (Wildman–Crippen LogP) is 5.51. The number of rotatable bonds is 8. The molecule has 230 valence electrons. The number of anilines is 4.